The molecule has 1 aromatic heterocycles. The number of anilines is 1. The van der Waals surface area contributed by atoms with Gasteiger partial charge in [0, 0.05) is 25.2 Å². The fourth-order valence-electron chi connectivity index (χ4n) is 4.57. The molecule has 2 amide bonds. The number of hydrogen-bond acceptors (Lipinski definition) is 4. The molecule has 3 unspecified atom stereocenters. The van der Waals surface area contributed by atoms with Crippen molar-refractivity contribution in [3.05, 3.63) is 23.4 Å². The average molecular weight is 357 g/mol. The van der Waals surface area contributed by atoms with Gasteiger partial charge in [-0.1, -0.05) is 6.07 Å². The van der Waals surface area contributed by atoms with Crippen LogP contribution in [-0.2, 0) is 22.4 Å². The third-order valence-corrected chi connectivity index (χ3v) is 6.36. The number of nitrogens with zero attached hydrogens (tertiary/aromatic N) is 2. The van der Waals surface area contributed by atoms with Crippen LogP contribution < -0.4 is 10.2 Å². The number of amides is 2. The third kappa shape index (κ3) is 3.29. The zero-order chi connectivity index (χ0) is 18.1. The van der Waals surface area contributed by atoms with Crippen LogP contribution in [0.2, 0.25) is 0 Å². The van der Waals surface area contributed by atoms with E-state index >= 15 is 0 Å². The molecule has 140 valence electrons. The van der Waals surface area contributed by atoms with Gasteiger partial charge < -0.3 is 10.1 Å². The number of carbonyl (C=O) groups is 2. The maximum atomic E-state index is 12.7. The first-order chi connectivity index (χ1) is 12.7. The molecule has 0 saturated heterocycles. The van der Waals surface area contributed by atoms with Crippen molar-refractivity contribution in [2.75, 3.05) is 25.1 Å². The molecule has 2 aliphatic carbocycles. The highest BCUT2D eigenvalue weighted by molar-refractivity contribution is 5.92. The SMILES string of the molecule is COC(=O)CCc1ccc2c(n1)N(C(=O)NCC1CC3CCC31)CCC2. The first-order valence-corrected chi connectivity index (χ1v) is 9.76. The summed E-state index contributed by atoms with van der Waals surface area (Å²) in [4.78, 5) is 30.5. The largest absolute Gasteiger partial charge is 0.469 e. The summed E-state index contributed by atoms with van der Waals surface area (Å²) in [6, 6.07) is 3.96. The first-order valence-electron chi connectivity index (χ1n) is 9.76. The second-order valence-electron chi connectivity index (χ2n) is 7.80. The number of aryl methyl sites for hydroxylation is 2. The summed E-state index contributed by atoms with van der Waals surface area (Å²) in [6.07, 6.45) is 6.72. The number of methoxy groups -OCH3 is 1. The molecule has 1 N–H and O–H groups in total. The Balaban J connectivity index is 1.39. The van der Waals surface area contributed by atoms with Crippen LogP contribution in [0.3, 0.4) is 0 Å². The van der Waals surface area contributed by atoms with E-state index in [0.29, 0.717) is 25.3 Å². The van der Waals surface area contributed by atoms with Gasteiger partial charge in [-0.05, 0) is 61.5 Å². The second-order valence-corrected chi connectivity index (χ2v) is 7.80. The smallest absolute Gasteiger partial charge is 0.323 e. The molecule has 3 atom stereocenters. The number of ether oxygens (including phenoxy) is 1. The molecular formula is C20H27N3O3. The average Bonchev–Trinajstić information content (AvgIpc) is 2.66. The number of pyridine rings is 1. The number of fused-ring (bicyclic) bond motifs is 2. The van der Waals surface area contributed by atoms with Crippen LogP contribution in [0, 0.1) is 17.8 Å². The van der Waals surface area contributed by atoms with E-state index in [1.165, 1.54) is 26.4 Å². The molecule has 4 rings (SSSR count). The van der Waals surface area contributed by atoms with E-state index in [-0.39, 0.29) is 12.0 Å². The summed E-state index contributed by atoms with van der Waals surface area (Å²) >= 11 is 0. The van der Waals surface area contributed by atoms with E-state index in [1.807, 2.05) is 12.1 Å². The number of esters is 1. The summed E-state index contributed by atoms with van der Waals surface area (Å²) in [5.41, 5.74) is 1.93. The minimum atomic E-state index is -0.242. The monoisotopic (exact) mass is 357 g/mol. The summed E-state index contributed by atoms with van der Waals surface area (Å²) in [5.74, 6) is 2.97. The maximum absolute atomic E-state index is 12.7. The van der Waals surface area contributed by atoms with Crippen LogP contribution in [0.4, 0.5) is 10.6 Å². The molecule has 1 aliphatic heterocycles. The molecule has 0 spiro atoms. The minimum Gasteiger partial charge on any atom is -0.469 e. The lowest BCUT2D eigenvalue weighted by molar-refractivity contribution is -0.140. The Bertz CT molecular complexity index is 706. The number of hydrogen-bond donors (Lipinski definition) is 1. The number of carbonyl (C=O) groups excluding carboxylic acids is 2. The number of urea groups is 1. The molecule has 2 heterocycles. The quantitative estimate of drug-likeness (QED) is 0.823. The summed E-state index contributed by atoms with van der Waals surface area (Å²) < 4.78 is 4.69. The van der Waals surface area contributed by atoms with Crippen molar-refractivity contribution in [1.82, 2.24) is 10.3 Å². The fraction of sp³-hybridized carbons (Fsp3) is 0.650. The Morgan fingerprint density at radius 2 is 2.23 bits per heavy atom. The lowest BCUT2D eigenvalue weighted by Crippen LogP contribution is -2.51. The first kappa shape index (κ1) is 17.3. The highest BCUT2D eigenvalue weighted by Gasteiger charge is 2.46. The Morgan fingerprint density at radius 3 is 2.92 bits per heavy atom. The van der Waals surface area contributed by atoms with E-state index < -0.39 is 0 Å². The van der Waals surface area contributed by atoms with E-state index in [0.717, 1.165) is 48.3 Å². The minimum absolute atomic E-state index is 0.0358. The summed E-state index contributed by atoms with van der Waals surface area (Å²) in [6.45, 7) is 1.48. The Kier molecular flexibility index (Phi) is 4.83. The molecule has 2 saturated carbocycles. The zero-order valence-corrected chi connectivity index (χ0v) is 15.4. The van der Waals surface area contributed by atoms with Gasteiger partial charge in [-0.3, -0.25) is 9.69 Å². The molecule has 1 aromatic rings. The Hall–Kier alpha value is -2.11. The van der Waals surface area contributed by atoms with Crippen molar-refractivity contribution in [2.24, 2.45) is 17.8 Å². The number of rotatable bonds is 5. The van der Waals surface area contributed by atoms with Gasteiger partial charge in [-0.25, -0.2) is 9.78 Å². The Labute approximate surface area is 154 Å². The van der Waals surface area contributed by atoms with Crippen molar-refractivity contribution in [2.45, 2.75) is 44.9 Å². The van der Waals surface area contributed by atoms with E-state index in [9.17, 15) is 9.59 Å². The van der Waals surface area contributed by atoms with E-state index in [1.54, 1.807) is 4.90 Å². The second kappa shape index (κ2) is 7.25. The van der Waals surface area contributed by atoms with Gasteiger partial charge in [0.25, 0.3) is 0 Å². The topological polar surface area (TPSA) is 71.5 Å². The molecule has 3 aliphatic rings. The van der Waals surface area contributed by atoms with Crippen molar-refractivity contribution >= 4 is 17.8 Å². The standard InChI is InChI=1S/C20H27N3O3/c1-26-18(24)9-7-16-6-4-13-3-2-10-23(19(13)22-16)20(25)21-12-15-11-14-5-8-17(14)15/h4,6,14-15,17H,2-3,5,7-12H2,1H3,(H,21,25). The highest BCUT2D eigenvalue weighted by Crippen LogP contribution is 2.53. The lowest BCUT2D eigenvalue weighted by Gasteiger charge is -2.53. The molecule has 2 fully saturated rings. The van der Waals surface area contributed by atoms with Gasteiger partial charge in [0.2, 0.25) is 0 Å². The zero-order valence-electron chi connectivity index (χ0n) is 15.4. The normalized spacial score (nSPS) is 26.0. The van der Waals surface area contributed by atoms with Crippen molar-refractivity contribution in [3.63, 3.8) is 0 Å². The molecule has 0 radical (unpaired) electrons. The van der Waals surface area contributed by atoms with Gasteiger partial charge in [-0.15, -0.1) is 0 Å². The summed E-state index contributed by atoms with van der Waals surface area (Å²) in [5, 5.41) is 3.13. The third-order valence-electron chi connectivity index (χ3n) is 6.36. The van der Waals surface area contributed by atoms with E-state index in [2.05, 4.69) is 10.3 Å². The van der Waals surface area contributed by atoms with Gasteiger partial charge >= 0.3 is 12.0 Å². The van der Waals surface area contributed by atoms with Crippen LogP contribution in [0.25, 0.3) is 0 Å². The van der Waals surface area contributed by atoms with Gasteiger partial charge in [-0.2, -0.15) is 0 Å². The Morgan fingerprint density at radius 1 is 1.35 bits per heavy atom. The summed E-state index contributed by atoms with van der Waals surface area (Å²) in [7, 11) is 1.39. The van der Waals surface area contributed by atoms with Crippen LogP contribution in [0.15, 0.2) is 12.1 Å². The van der Waals surface area contributed by atoms with Crippen molar-refractivity contribution < 1.29 is 14.3 Å². The number of aromatic nitrogens is 1. The predicted molar refractivity (Wildman–Crippen MR) is 98.0 cm³/mol. The fourth-order valence-corrected chi connectivity index (χ4v) is 4.57. The molecule has 6 heteroatoms. The lowest BCUT2D eigenvalue weighted by atomic mass is 9.53. The van der Waals surface area contributed by atoms with Crippen molar-refractivity contribution in [1.29, 1.82) is 0 Å². The maximum Gasteiger partial charge on any atom is 0.323 e. The van der Waals surface area contributed by atoms with Gasteiger partial charge in [0.1, 0.15) is 5.82 Å². The number of nitrogens with one attached hydrogen (secondary N) is 1. The van der Waals surface area contributed by atoms with E-state index in [4.69, 9.17) is 4.74 Å². The van der Waals surface area contributed by atoms with Gasteiger partial charge in [0.15, 0.2) is 0 Å². The molecule has 0 aromatic carbocycles. The van der Waals surface area contributed by atoms with Crippen LogP contribution in [0.1, 0.15) is 43.4 Å². The van der Waals surface area contributed by atoms with Crippen molar-refractivity contribution in [3.8, 4) is 0 Å². The van der Waals surface area contributed by atoms with Crippen LogP contribution in [0.5, 0.6) is 0 Å². The molecular weight excluding hydrogens is 330 g/mol. The van der Waals surface area contributed by atoms with Gasteiger partial charge in [0.05, 0.1) is 13.5 Å². The molecule has 0 bridgehead atoms. The molecule has 26 heavy (non-hydrogen) atoms. The van der Waals surface area contributed by atoms with Crippen LogP contribution in [-0.4, -0.2) is 37.2 Å². The predicted octanol–water partition coefficient (Wildman–Crippen LogP) is 2.70. The highest BCUT2D eigenvalue weighted by atomic mass is 16.5. The van der Waals surface area contributed by atoms with Crippen LogP contribution >= 0.6 is 0 Å². The molecule has 6 nitrogen and oxygen atoms in total.